The summed E-state index contributed by atoms with van der Waals surface area (Å²) in [5, 5.41) is 23.3. The molecule has 1 aliphatic rings. The molecule has 0 aromatic heterocycles. The van der Waals surface area contributed by atoms with Crippen LogP contribution in [0, 0.1) is 4.91 Å². The summed E-state index contributed by atoms with van der Waals surface area (Å²) >= 11 is 0. The van der Waals surface area contributed by atoms with Crippen LogP contribution in [0.3, 0.4) is 0 Å². The Morgan fingerprint density at radius 1 is 1.26 bits per heavy atom. The molecule has 1 aromatic carbocycles. The van der Waals surface area contributed by atoms with E-state index in [2.05, 4.69) is 24.9 Å². The zero-order chi connectivity index (χ0) is 23.0. The number of rotatable bonds is 11. The van der Waals surface area contributed by atoms with Crippen LogP contribution >= 0.6 is 0 Å². The number of aliphatic hydroxyl groups is 1. The summed E-state index contributed by atoms with van der Waals surface area (Å²) in [5.41, 5.74) is 1.15. The molecule has 0 radical (unpaired) electrons. The van der Waals surface area contributed by atoms with E-state index in [9.17, 15) is 19.9 Å². The summed E-state index contributed by atoms with van der Waals surface area (Å²) in [4.78, 5) is 27.6. The van der Waals surface area contributed by atoms with Crippen LogP contribution in [0.15, 0.2) is 96.8 Å². The third-order valence-corrected chi connectivity index (χ3v) is 4.91. The smallest absolute Gasteiger partial charge is 0.289 e. The van der Waals surface area contributed by atoms with Crippen LogP contribution in [0.1, 0.15) is 18.9 Å². The number of nitrogens with zero attached hydrogens (tertiary/aromatic N) is 3. The van der Waals surface area contributed by atoms with Gasteiger partial charge in [-0.1, -0.05) is 50.1 Å². The molecule has 162 valence electrons. The lowest BCUT2D eigenvalue weighted by Gasteiger charge is -2.29. The second-order valence-corrected chi connectivity index (χ2v) is 6.86. The van der Waals surface area contributed by atoms with Gasteiger partial charge in [0.15, 0.2) is 5.76 Å². The number of allylic oxidation sites excluding steroid dienone is 3. The maximum Gasteiger partial charge on any atom is 0.289 e. The van der Waals surface area contributed by atoms with E-state index in [0.717, 1.165) is 0 Å². The first-order valence-corrected chi connectivity index (χ1v) is 9.79. The molecule has 2 N–H and O–H groups in total. The second-order valence-electron chi connectivity index (χ2n) is 6.86. The molecule has 2 rings (SSSR count). The number of carbonyl (C=O) groups is 1. The standard InChI is InChI=1S/C24H27N3O4/c1-5-9-20(17(4)25-31)22-21(18-10-12-19(28)13-11-18)23(29)24(30)27(22)16-8-15-26(7-3)14-6-2/h5-7,9-14,22,28-29H,1,3-4,8,15-16H2,2H3/b14-6-,20-9+. The van der Waals surface area contributed by atoms with E-state index in [1.807, 2.05) is 24.1 Å². The molecule has 1 unspecified atom stereocenters. The van der Waals surface area contributed by atoms with Crippen LogP contribution in [0.4, 0.5) is 0 Å². The van der Waals surface area contributed by atoms with Gasteiger partial charge >= 0.3 is 0 Å². The summed E-state index contributed by atoms with van der Waals surface area (Å²) in [6, 6.07) is 5.34. The van der Waals surface area contributed by atoms with E-state index in [1.165, 1.54) is 23.1 Å². The molecule has 0 fully saturated rings. The monoisotopic (exact) mass is 421 g/mol. The van der Waals surface area contributed by atoms with Gasteiger partial charge in [0.1, 0.15) is 11.4 Å². The highest BCUT2D eigenvalue weighted by Gasteiger charge is 2.42. The van der Waals surface area contributed by atoms with Gasteiger partial charge in [0.2, 0.25) is 0 Å². The topological polar surface area (TPSA) is 93.4 Å². The molecule has 0 bridgehead atoms. The van der Waals surface area contributed by atoms with Crippen molar-refractivity contribution >= 4 is 11.5 Å². The van der Waals surface area contributed by atoms with Gasteiger partial charge in [-0.25, -0.2) is 0 Å². The van der Waals surface area contributed by atoms with Crippen molar-refractivity contribution in [1.29, 1.82) is 0 Å². The molecule has 0 saturated heterocycles. The first-order valence-electron chi connectivity index (χ1n) is 9.79. The van der Waals surface area contributed by atoms with Crippen molar-refractivity contribution in [2.75, 3.05) is 13.1 Å². The molecule has 0 aliphatic carbocycles. The van der Waals surface area contributed by atoms with Crippen molar-refractivity contribution < 1.29 is 15.0 Å². The first kappa shape index (κ1) is 23.4. The minimum absolute atomic E-state index is 0.0517. The lowest BCUT2D eigenvalue weighted by Crippen LogP contribution is -2.38. The third-order valence-electron chi connectivity index (χ3n) is 4.91. The summed E-state index contributed by atoms with van der Waals surface area (Å²) in [5.74, 6) is -0.924. The van der Waals surface area contributed by atoms with E-state index in [-0.39, 0.29) is 11.4 Å². The van der Waals surface area contributed by atoms with E-state index < -0.39 is 17.7 Å². The highest BCUT2D eigenvalue weighted by atomic mass is 16.3. The van der Waals surface area contributed by atoms with Crippen molar-refractivity contribution in [3.63, 3.8) is 0 Å². The molecular formula is C24H27N3O4. The second kappa shape index (κ2) is 10.8. The van der Waals surface area contributed by atoms with Gasteiger partial charge in [0, 0.05) is 24.2 Å². The third kappa shape index (κ3) is 5.19. The van der Waals surface area contributed by atoms with Crippen LogP contribution in [0.5, 0.6) is 5.75 Å². The normalized spacial score (nSPS) is 16.7. The fourth-order valence-electron chi connectivity index (χ4n) is 3.51. The number of hydrogen-bond acceptors (Lipinski definition) is 6. The number of phenolic OH excluding ortho intramolecular Hbond substituents is 1. The largest absolute Gasteiger partial charge is 0.508 e. The quantitative estimate of drug-likeness (QED) is 0.401. The van der Waals surface area contributed by atoms with E-state index >= 15 is 0 Å². The van der Waals surface area contributed by atoms with E-state index in [1.54, 1.807) is 24.4 Å². The molecule has 1 atom stereocenters. The summed E-state index contributed by atoms with van der Waals surface area (Å²) < 4.78 is 0. The average molecular weight is 421 g/mol. The number of phenols is 1. The number of benzene rings is 1. The van der Waals surface area contributed by atoms with Crippen LogP contribution < -0.4 is 0 Å². The Hall–Kier alpha value is -3.87. The first-order chi connectivity index (χ1) is 14.9. The van der Waals surface area contributed by atoms with Crippen LogP contribution in [-0.2, 0) is 4.79 Å². The number of carbonyl (C=O) groups excluding carboxylic acids is 1. The molecule has 7 heteroatoms. The molecular weight excluding hydrogens is 394 g/mol. The SMILES string of the molecule is C=C/C=C(\C(=C)N=O)C1C(c2ccc(O)cc2)=C(O)C(=O)N1CCCN(C=C)/C=C\C. The van der Waals surface area contributed by atoms with Crippen molar-refractivity contribution in [3.05, 3.63) is 102 Å². The molecule has 31 heavy (non-hydrogen) atoms. The van der Waals surface area contributed by atoms with Gasteiger partial charge < -0.3 is 20.0 Å². The highest BCUT2D eigenvalue weighted by molar-refractivity contribution is 6.06. The molecule has 1 heterocycles. The molecule has 7 nitrogen and oxygen atoms in total. The predicted molar refractivity (Wildman–Crippen MR) is 123 cm³/mol. The lowest BCUT2D eigenvalue weighted by atomic mass is 9.91. The van der Waals surface area contributed by atoms with Crippen molar-refractivity contribution in [2.45, 2.75) is 19.4 Å². The summed E-state index contributed by atoms with van der Waals surface area (Å²) in [6.45, 7) is 13.9. The Balaban J connectivity index is 2.47. The minimum atomic E-state index is -0.779. The lowest BCUT2D eigenvalue weighted by molar-refractivity contribution is -0.128. The molecule has 1 amide bonds. The van der Waals surface area contributed by atoms with Crippen LogP contribution in [-0.4, -0.2) is 45.1 Å². The zero-order valence-electron chi connectivity index (χ0n) is 17.6. The Morgan fingerprint density at radius 3 is 2.48 bits per heavy atom. The Kier molecular flexibility index (Phi) is 8.14. The van der Waals surface area contributed by atoms with Crippen LogP contribution in [0.25, 0.3) is 5.57 Å². The van der Waals surface area contributed by atoms with Gasteiger partial charge in [-0.2, -0.15) is 0 Å². The Labute approximate surface area is 182 Å². The van der Waals surface area contributed by atoms with Crippen LogP contribution in [0.2, 0.25) is 0 Å². The van der Waals surface area contributed by atoms with Crippen molar-refractivity contribution in [3.8, 4) is 5.75 Å². The summed E-state index contributed by atoms with van der Waals surface area (Å²) in [6.07, 6.45) is 9.05. The fraction of sp³-hybridized carbons (Fsp3) is 0.208. The molecule has 0 spiro atoms. The van der Waals surface area contributed by atoms with Gasteiger partial charge in [-0.05, 0) is 48.6 Å². The Morgan fingerprint density at radius 2 is 1.94 bits per heavy atom. The fourth-order valence-corrected chi connectivity index (χ4v) is 3.51. The number of nitroso groups, excluding NO2 is 1. The highest BCUT2D eigenvalue weighted by Crippen LogP contribution is 2.39. The molecule has 0 saturated carbocycles. The number of aliphatic hydroxyl groups excluding tert-OH is 1. The molecule has 1 aliphatic heterocycles. The summed E-state index contributed by atoms with van der Waals surface area (Å²) in [7, 11) is 0. The van der Waals surface area contributed by atoms with E-state index in [4.69, 9.17) is 0 Å². The van der Waals surface area contributed by atoms with Crippen molar-refractivity contribution in [1.82, 2.24) is 9.80 Å². The van der Waals surface area contributed by atoms with E-state index in [0.29, 0.717) is 36.2 Å². The minimum Gasteiger partial charge on any atom is -0.508 e. The van der Waals surface area contributed by atoms with Gasteiger partial charge in [0.05, 0.1) is 6.04 Å². The Bertz CT molecular complexity index is 958. The van der Waals surface area contributed by atoms with Gasteiger partial charge in [-0.15, -0.1) is 4.91 Å². The van der Waals surface area contributed by atoms with Gasteiger partial charge in [-0.3, -0.25) is 4.79 Å². The molecule has 1 aromatic rings. The zero-order valence-corrected chi connectivity index (χ0v) is 17.6. The number of hydrogen-bond donors (Lipinski definition) is 2. The maximum atomic E-state index is 13.0. The predicted octanol–water partition coefficient (Wildman–Crippen LogP) is 4.63. The average Bonchev–Trinajstić information content (AvgIpc) is 3.01. The maximum absolute atomic E-state index is 13.0. The van der Waals surface area contributed by atoms with Gasteiger partial charge in [0.25, 0.3) is 5.91 Å². The van der Waals surface area contributed by atoms with Crippen molar-refractivity contribution in [2.24, 2.45) is 5.18 Å². The number of aromatic hydroxyl groups is 1. The number of amides is 1.